The molecule has 8 nitrogen and oxygen atoms in total. The lowest BCUT2D eigenvalue weighted by Crippen LogP contribution is -2.40. The van der Waals surface area contributed by atoms with E-state index < -0.39 is 10.0 Å². The minimum atomic E-state index is -3.61. The highest BCUT2D eigenvalue weighted by Crippen LogP contribution is 2.44. The van der Waals surface area contributed by atoms with E-state index in [0.717, 1.165) is 44.2 Å². The number of nitrogens with zero attached hydrogens (tertiary/aromatic N) is 3. The molecule has 2 aromatic rings. The van der Waals surface area contributed by atoms with Gasteiger partial charge >= 0.3 is 0 Å². The summed E-state index contributed by atoms with van der Waals surface area (Å²) in [6, 6.07) is 7.34. The van der Waals surface area contributed by atoms with E-state index in [1.165, 1.54) is 36.8 Å². The molecule has 0 aliphatic carbocycles. The number of carbonyl (C=O) groups excluding carboxylic acids is 2. The normalized spacial score (nSPS) is 13.9. The molecular formula is C21H28N4O4S3. The molecule has 0 spiro atoms. The Morgan fingerprint density at radius 2 is 1.88 bits per heavy atom. The Balaban J connectivity index is 1.79. The molecule has 2 heterocycles. The summed E-state index contributed by atoms with van der Waals surface area (Å²) in [7, 11) is -0.687. The van der Waals surface area contributed by atoms with E-state index >= 15 is 0 Å². The number of hydrogen-bond acceptors (Lipinski definition) is 7. The highest BCUT2D eigenvalue weighted by molar-refractivity contribution is 8.02. The number of sulfonamides is 1. The number of thiophene rings is 1. The SMILES string of the molecule is CCN(CC)c1ccc(NC(=O)CN2C(=O)CSc3sc(S(=O)(=O)N(C)C)cc32)c(C)c1. The van der Waals surface area contributed by atoms with Gasteiger partial charge in [0.05, 0.1) is 15.6 Å². The van der Waals surface area contributed by atoms with Crippen molar-refractivity contribution in [1.82, 2.24) is 4.31 Å². The molecule has 0 unspecified atom stereocenters. The molecule has 1 aliphatic heterocycles. The second kappa shape index (κ2) is 9.82. The lowest BCUT2D eigenvalue weighted by molar-refractivity contribution is -0.120. The van der Waals surface area contributed by atoms with Crippen molar-refractivity contribution in [3.05, 3.63) is 29.8 Å². The standard InChI is InChI=1S/C21H28N4O4S3/c1-6-24(7-2)15-8-9-16(14(3)10-15)22-18(26)12-25-17-11-20(32(28,29)23(4)5)31-21(17)30-13-19(25)27/h8-11H,6-7,12-13H2,1-5H3,(H,22,26). The van der Waals surface area contributed by atoms with Crippen molar-refractivity contribution in [2.24, 2.45) is 0 Å². The molecule has 1 aromatic carbocycles. The van der Waals surface area contributed by atoms with E-state index in [4.69, 9.17) is 0 Å². The van der Waals surface area contributed by atoms with Gasteiger partial charge in [0.1, 0.15) is 10.8 Å². The molecule has 0 saturated carbocycles. The predicted octanol–water partition coefficient (Wildman–Crippen LogP) is 3.23. The van der Waals surface area contributed by atoms with Crippen LogP contribution in [0.1, 0.15) is 19.4 Å². The molecule has 174 valence electrons. The summed E-state index contributed by atoms with van der Waals surface area (Å²) in [6.07, 6.45) is 0. The van der Waals surface area contributed by atoms with E-state index in [1.807, 2.05) is 25.1 Å². The van der Waals surface area contributed by atoms with Crippen LogP contribution in [-0.4, -0.2) is 64.0 Å². The van der Waals surface area contributed by atoms with Crippen molar-refractivity contribution in [2.75, 3.05) is 54.6 Å². The number of aryl methyl sites for hydroxylation is 1. The maximum Gasteiger partial charge on any atom is 0.252 e. The second-order valence-corrected chi connectivity index (χ2v) is 12.2. The summed E-state index contributed by atoms with van der Waals surface area (Å²) in [6.45, 7) is 7.73. The third-order valence-corrected chi connectivity index (χ3v) is 9.87. The number of nitrogens with one attached hydrogen (secondary N) is 1. The molecule has 32 heavy (non-hydrogen) atoms. The maximum absolute atomic E-state index is 12.8. The fraction of sp³-hybridized carbons (Fsp3) is 0.429. The number of benzene rings is 1. The van der Waals surface area contributed by atoms with Gasteiger partial charge in [-0.25, -0.2) is 12.7 Å². The molecule has 3 rings (SSSR count). The van der Waals surface area contributed by atoms with Crippen molar-refractivity contribution in [2.45, 2.75) is 29.2 Å². The quantitative estimate of drug-likeness (QED) is 0.604. The van der Waals surface area contributed by atoms with Gasteiger partial charge < -0.3 is 15.1 Å². The Morgan fingerprint density at radius 1 is 1.19 bits per heavy atom. The van der Waals surface area contributed by atoms with Gasteiger partial charge in [0.2, 0.25) is 11.8 Å². The first-order valence-electron chi connectivity index (χ1n) is 10.2. The van der Waals surface area contributed by atoms with Gasteiger partial charge in [0.25, 0.3) is 10.0 Å². The Kier molecular flexibility index (Phi) is 7.53. The molecular weight excluding hydrogens is 468 g/mol. The monoisotopic (exact) mass is 496 g/mol. The van der Waals surface area contributed by atoms with E-state index in [0.29, 0.717) is 11.4 Å². The van der Waals surface area contributed by atoms with Crippen molar-refractivity contribution in [3.8, 4) is 0 Å². The Morgan fingerprint density at radius 3 is 2.47 bits per heavy atom. The summed E-state index contributed by atoms with van der Waals surface area (Å²) in [5.41, 5.74) is 3.18. The van der Waals surface area contributed by atoms with Gasteiger partial charge in [-0.2, -0.15) is 0 Å². The number of fused-ring (bicyclic) bond motifs is 1. The Labute approximate surface area is 197 Å². The highest BCUT2D eigenvalue weighted by atomic mass is 32.3. The lowest BCUT2D eigenvalue weighted by atomic mass is 10.1. The number of rotatable bonds is 8. The summed E-state index contributed by atoms with van der Waals surface area (Å²) < 4.78 is 27.0. The highest BCUT2D eigenvalue weighted by Gasteiger charge is 2.32. The van der Waals surface area contributed by atoms with Gasteiger partial charge in [0, 0.05) is 38.6 Å². The first-order valence-corrected chi connectivity index (χ1v) is 13.5. The average molecular weight is 497 g/mol. The number of hydrogen-bond donors (Lipinski definition) is 1. The van der Waals surface area contributed by atoms with Crippen molar-refractivity contribution in [3.63, 3.8) is 0 Å². The predicted molar refractivity (Wildman–Crippen MR) is 132 cm³/mol. The van der Waals surface area contributed by atoms with Crippen LogP contribution < -0.4 is 15.1 Å². The lowest BCUT2D eigenvalue weighted by Gasteiger charge is -2.26. The zero-order valence-corrected chi connectivity index (χ0v) is 21.3. The van der Waals surface area contributed by atoms with Gasteiger partial charge in [0.15, 0.2) is 0 Å². The first-order chi connectivity index (χ1) is 15.1. The van der Waals surface area contributed by atoms with Crippen LogP contribution in [-0.2, 0) is 19.6 Å². The van der Waals surface area contributed by atoms with Gasteiger partial charge in [-0.15, -0.1) is 23.1 Å². The zero-order chi connectivity index (χ0) is 23.6. The van der Waals surface area contributed by atoms with Gasteiger partial charge in [-0.3, -0.25) is 9.59 Å². The molecule has 11 heteroatoms. The molecule has 0 saturated heterocycles. The van der Waals surface area contributed by atoms with E-state index in [9.17, 15) is 18.0 Å². The van der Waals surface area contributed by atoms with Crippen LogP contribution in [0.15, 0.2) is 32.7 Å². The van der Waals surface area contributed by atoms with Crippen LogP contribution >= 0.6 is 23.1 Å². The fourth-order valence-electron chi connectivity index (χ4n) is 3.36. The van der Waals surface area contributed by atoms with Crippen LogP contribution in [0.5, 0.6) is 0 Å². The Hall–Kier alpha value is -2.08. The minimum absolute atomic E-state index is 0.156. The molecule has 1 aromatic heterocycles. The summed E-state index contributed by atoms with van der Waals surface area (Å²) in [5.74, 6) is -0.393. The van der Waals surface area contributed by atoms with E-state index in [1.54, 1.807) is 0 Å². The third kappa shape index (κ3) is 4.95. The maximum atomic E-state index is 12.8. The molecule has 0 bridgehead atoms. The third-order valence-electron chi connectivity index (χ3n) is 5.22. The summed E-state index contributed by atoms with van der Waals surface area (Å²) in [5, 5.41) is 2.89. The van der Waals surface area contributed by atoms with Gasteiger partial charge in [-0.05, 0) is 50.6 Å². The first kappa shape index (κ1) is 24.6. The topological polar surface area (TPSA) is 90.0 Å². The molecule has 1 N–H and O–H groups in total. The van der Waals surface area contributed by atoms with E-state index in [2.05, 4.69) is 24.1 Å². The van der Waals surface area contributed by atoms with Crippen LogP contribution in [0.3, 0.4) is 0 Å². The fourth-order valence-corrected chi connectivity index (χ4v) is 7.30. The van der Waals surface area contributed by atoms with Crippen molar-refractivity contribution in [1.29, 1.82) is 0 Å². The van der Waals surface area contributed by atoms with Crippen LogP contribution in [0.25, 0.3) is 0 Å². The largest absolute Gasteiger partial charge is 0.372 e. The summed E-state index contributed by atoms with van der Waals surface area (Å²) in [4.78, 5) is 28.9. The van der Waals surface area contributed by atoms with Crippen LogP contribution in [0, 0.1) is 6.92 Å². The zero-order valence-electron chi connectivity index (χ0n) is 18.8. The molecule has 0 fully saturated rings. The second-order valence-electron chi connectivity index (χ2n) is 7.51. The summed E-state index contributed by atoms with van der Waals surface area (Å²) >= 11 is 2.42. The molecule has 0 atom stereocenters. The average Bonchev–Trinajstić information content (AvgIpc) is 3.18. The smallest absolute Gasteiger partial charge is 0.252 e. The minimum Gasteiger partial charge on any atom is -0.372 e. The number of carbonyl (C=O) groups is 2. The Bertz CT molecular complexity index is 1120. The molecule has 0 radical (unpaired) electrons. The van der Waals surface area contributed by atoms with Crippen LogP contribution in [0.4, 0.5) is 17.1 Å². The van der Waals surface area contributed by atoms with Crippen molar-refractivity contribution >= 4 is 62.0 Å². The van der Waals surface area contributed by atoms with Gasteiger partial charge in [-0.1, -0.05) is 0 Å². The van der Waals surface area contributed by atoms with E-state index in [-0.39, 0.29) is 28.3 Å². The number of anilines is 3. The number of amides is 2. The molecule has 2 amide bonds. The molecule has 1 aliphatic rings. The number of thioether (sulfide) groups is 1. The van der Waals surface area contributed by atoms with Crippen LogP contribution in [0.2, 0.25) is 0 Å². The van der Waals surface area contributed by atoms with Crippen molar-refractivity contribution < 1.29 is 18.0 Å².